The molecule has 6 heteroatoms. The van der Waals surface area contributed by atoms with E-state index in [0.29, 0.717) is 22.9 Å². The third-order valence-electron chi connectivity index (χ3n) is 2.60. The Morgan fingerprint density at radius 2 is 2.05 bits per heavy atom. The second kappa shape index (κ2) is 7.14. The van der Waals surface area contributed by atoms with Crippen LogP contribution in [0, 0.1) is 5.92 Å². The van der Waals surface area contributed by atoms with Gasteiger partial charge in [0, 0.05) is 12.1 Å². The smallest absolute Gasteiger partial charge is 0.323 e. The van der Waals surface area contributed by atoms with Crippen LogP contribution in [-0.4, -0.2) is 42.1 Å². The summed E-state index contributed by atoms with van der Waals surface area (Å²) in [7, 11) is 1.46. The van der Waals surface area contributed by atoms with Gasteiger partial charge in [-0.05, 0) is 24.1 Å². The fourth-order valence-corrected chi connectivity index (χ4v) is 1.99. The average Bonchev–Trinajstić information content (AvgIpc) is 2.36. The minimum absolute atomic E-state index is 0.174. The molecule has 0 aliphatic rings. The number of hydrogen-bond acceptors (Lipinski definition) is 3. The van der Waals surface area contributed by atoms with Crippen LogP contribution in [0.2, 0.25) is 5.02 Å². The van der Waals surface area contributed by atoms with Crippen LogP contribution in [0.1, 0.15) is 24.2 Å². The summed E-state index contributed by atoms with van der Waals surface area (Å²) >= 11 is 5.91. The van der Waals surface area contributed by atoms with Crippen LogP contribution in [-0.2, 0) is 4.79 Å². The number of halogens is 1. The van der Waals surface area contributed by atoms with Crippen molar-refractivity contribution in [2.45, 2.75) is 13.8 Å². The van der Waals surface area contributed by atoms with Crippen molar-refractivity contribution in [3.63, 3.8) is 0 Å². The summed E-state index contributed by atoms with van der Waals surface area (Å²) in [5.41, 5.74) is 0.355. The molecule has 1 amide bonds. The Morgan fingerprint density at radius 3 is 2.55 bits per heavy atom. The van der Waals surface area contributed by atoms with Gasteiger partial charge in [0.15, 0.2) is 0 Å². The van der Waals surface area contributed by atoms with Crippen molar-refractivity contribution < 1.29 is 19.4 Å². The fourth-order valence-electron chi connectivity index (χ4n) is 1.80. The van der Waals surface area contributed by atoms with E-state index in [4.69, 9.17) is 21.4 Å². The Hall–Kier alpha value is -1.75. The molecule has 1 aromatic carbocycles. The Kier molecular flexibility index (Phi) is 5.82. The normalized spacial score (nSPS) is 10.4. The van der Waals surface area contributed by atoms with Crippen molar-refractivity contribution in [1.82, 2.24) is 4.90 Å². The molecular weight excluding hydrogens is 282 g/mol. The molecule has 1 rings (SSSR count). The van der Waals surface area contributed by atoms with Gasteiger partial charge in [-0.2, -0.15) is 0 Å². The minimum atomic E-state index is -1.04. The number of carboxylic acids is 1. The van der Waals surface area contributed by atoms with Crippen molar-refractivity contribution >= 4 is 23.5 Å². The third-order valence-corrected chi connectivity index (χ3v) is 2.91. The van der Waals surface area contributed by atoms with Gasteiger partial charge in [-0.15, -0.1) is 0 Å². The van der Waals surface area contributed by atoms with Gasteiger partial charge in [-0.3, -0.25) is 9.59 Å². The lowest BCUT2D eigenvalue weighted by Gasteiger charge is -2.23. The maximum Gasteiger partial charge on any atom is 0.323 e. The predicted octanol–water partition coefficient (Wildman–Crippen LogP) is 2.53. The molecule has 0 fully saturated rings. The first kappa shape index (κ1) is 16.3. The Bertz CT molecular complexity index is 502. The van der Waals surface area contributed by atoms with Crippen molar-refractivity contribution in [2.24, 2.45) is 5.92 Å². The van der Waals surface area contributed by atoms with E-state index in [0.717, 1.165) is 0 Å². The Morgan fingerprint density at radius 1 is 1.40 bits per heavy atom. The Balaban J connectivity index is 3.01. The number of nitrogens with zero attached hydrogens (tertiary/aromatic N) is 1. The van der Waals surface area contributed by atoms with Crippen molar-refractivity contribution in [3.8, 4) is 5.75 Å². The number of benzene rings is 1. The molecule has 20 heavy (non-hydrogen) atoms. The quantitative estimate of drug-likeness (QED) is 0.876. The largest absolute Gasteiger partial charge is 0.495 e. The lowest BCUT2D eigenvalue weighted by atomic mass is 10.1. The van der Waals surface area contributed by atoms with Gasteiger partial charge >= 0.3 is 5.97 Å². The maximum absolute atomic E-state index is 12.4. The molecule has 0 atom stereocenters. The molecule has 110 valence electrons. The van der Waals surface area contributed by atoms with Gasteiger partial charge in [-0.1, -0.05) is 25.4 Å². The van der Waals surface area contributed by atoms with Crippen LogP contribution in [0.5, 0.6) is 5.75 Å². The van der Waals surface area contributed by atoms with Crippen LogP contribution in [0.4, 0.5) is 0 Å². The summed E-state index contributed by atoms with van der Waals surface area (Å²) in [5.74, 6) is -0.833. The average molecular weight is 300 g/mol. The number of carboxylic acid groups (broad SMARTS) is 1. The molecule has 0 aliphatic heterocycles. The molecule has 5 nitrogen and oxygen atoms in total. The molecule has 0 aliphatic carbocycles. The number of carbonyl (C=O) groups is 2. The lowest BCUT2D eigenvalue weighted by Crippen LogP contribution is -2.38. The van der Waals surface area contributed by atoms with Gasteiger partial charge in [0.25, 0.3) is 5.91 Å². The zero-order chi connectivity index (χ0) is 15.3. The highest BCUT2D eigenvalue weighted by atomic mass is 35.5. The van der Waals surface area contributed by atoms with Gasteiger partial charge in [0.05, 0.1) is 12.1 Å². The SMILES string of the molecule is COc1cc(C(=O)N(CC(=O)O)CC(C)C)ccc1Cl. The second-order valence-corrected chi connectivity index (χ2v) is 5.23. The highest BCUT2D eigenvalue weighted by molar-refractivity contribution is 6.32. The van der Waals surface area contributed by atoms with Crippen LogP contribution < -0.4 is 4.74 Å². The minimum Gasteiger partial charge on any atom is -0.495 e. The predicted molar refractivity (Wildman–Crippen MR) is 76.4 cm³/mol. The summed E-state index contributed by atoms with van der Waals surface area (Å²) < 4.78 is 5.06. The highest BCUT2D eigenvalue weighted by Crippen LogP contribution is 2.25. The summed E-state index contributed by atoms with van der Waals surface area (Å²) in [6.07, 6.45) is 0. The maximum atomic E-state index is 12.4. The van der Waals surface area contributed by atoms with Crippen molar-refractivity contribution in [2.75, 3.05) is 20.2 Å². The molecule has 0 bridgehead atoms. The van der Waals surface area contributed by atoms with Gasteiger partial charge < -0.3 is 14.7 Å². The molecule has 1 aromatic rings. The molecule has 0 heterocycles. The number of hydrogen-bond donors (Lipinski definition) is 1. The van der Waals surface area contributed by atoms with E-state index in [1.54, 1.807) is 12.1 Å². The van der Waals surface area contributed by atoms with Crippen LogP contribution >= 0.6 is 11.6 Å². The fraction of sp³-hybridized carbons (Fsp3) is 0.429. The first-order chi connectivity index (χ1) is 9.35. The topological polar surface area (TPSA) is 66.8 Å². The van der Waals surface area contributed by atoms with Gasteiger partial charge in [0.1, 0.15) is 12.3 Å². The summed E-state index contributed by atoms with van der Waals surface area (Å²) in [6.45, 7) is 3.88. The monoisotopic (exact) mass is 299 g/mol. The number of ether oxygens (including phenoxy) is 1. The number of amides is 1. The lowest BCUT2D eigenvalue weighted by molar-refractivity contribution is -0.137. The molecule has 0 saturated carbocycles. The number of methoxy groups -OCH3 is 1. The molecular formula is C14H18ClNO4. The molecule has 0 saturated heterocycles. The van der Waals surface area contributed by atoms with E-state index < -0.39 is 5.97 Å². The van der Waals surface area contributed by atoms with Crippen molar-refractivity contribution in [3.05, 3.63) is 28.8 Å². The molecule has 0 aromatic heterocycles. The Labute approximate surface area is 123 Å². The summed E-state index contributed by atoms with van der Waals surface area (Å²) in [6, 6.07) is 4.63. The molecule has 0 unspecified atom stereocenters. The first-order valence-electron chi connectivity index (χ1n) is 6.19. The number of rotatable bonds is 6. The van der Waals surface area contributed by atoms with Crippen LogP contribution in [0.15, 0.2) is 18.2 Å². The van der Waals surface area contributed by atoms with E-state index in [2.05, 4.69) is 0 Å². The first-order valence-corrected chi connectivity index (χ1v) is 6.57. The second-order valence-electron chi connectivity index (χ2n) is 4.82. The van der Waals surface area contributed by atoms with E-state index in [1.807, 2.05) is 13.8 Å². The molecule has 0 radical (unpaired) electrons. The molecule has 0 spiro atoms. The third kappa shape index (κ3) is 4.42. The van der Waals surface area contributed by atoms with E-state index in [1.165, 1.54) is 18.1 Å². The number of carbonyl (C=O) groups excluding carboxylic acids is 1. The van der Waals surface area contributed by atoms with Crippen LogP contribution in [0.25, 0.3) is 0 Å². The number of aliphatic carboxylic acids is 1. The van der Waals surface area contributed by atoms with Crippen LogP contribution in [0.3, 0.4) is 0 Å². The van der Waals surface area contributed by atoms with Gasteiger partial charge in [0.2, 0.25) is 0 Å². The van der Waals surface area contributed by atoms with Crippen molar-refractivity contribution in [1.29, 1.82) is 0 Å². The zero-order valence-electron chi connectivity index (χ0n) is 11.7. The zero-order valence-corrected chi connectivity index (χ0v) is 12.5. The van der Waals surface area contributed by atoms with E-state index in [9.17, 15) is 9.59 Å². The van der Waals surface area contributed by atoms with E-state index >= 15 is 0 Å². The standard InChI is InChI=1S/C14H18ClNO4/c1-9(2)7-16(8-13(17)18)14(19)10-4-5-11(15)12(6-10)20-3/h4-6,9H,7-8H2,1-3H3,(H,17,18). The summed E-state index contributed by atoms with van der Waals surface area (Å²) in [4.78, 5) is 24.5. The summed E-state index contributed by atoms with van der Waals surface area (Å²) in [5, 5.41) is 9.30. The molecule has 1 N–H and O–H groups in total. The van der Waals surface area contributed by atoms with Gasteiger partial charge in [-0.25, -0.2) is 0 Å². The highest BCUT2D eigenvalue weighted by Gasteiger charge is 2.20. The van der Waals surface area contributed by atoms with E-state index in [-0.39, 0.29) is 18.4 Å².